The summed E-state index contributed by atoms with van der Waals surface area (Å²) in [5.74, 6) is 3.35. The maximum absolute atomic E-state index is 5.76. The van der Waals surface area contributed by atoms with E-state index in [1.54, 1.807) is 6.20 Å². The van der Waals surface area contributed by atoms with E-state index in [4.69, 9.17) is 4.74 Å². The summed E-state index contributed by atoms with van der Waals surface area (Å²) in [5.41, 5.74) is 1.22. The van der Waals surface area contributed by atoms with Crippen LogP contribution in [0.25, 0.3) is 0 Å². The van der Waals surface area contributed by atoms with Crippen molar-refractivity contribution in [3.8, 4) is 5.75 Å². The maximum Gasteiger partial charge on any atom is 0.138 e. The molecule has 1 N–H and O–H groups in total. The smallest absolute Gasteiger partial charge is 0.138 e. The topological polar surface area (TPSA) is 34.2 Å². The monoisotopic (exact) mass is 312 g/mol. The maximum atomic E-state index is 5.76. The van der Waals surface area contributed by atoms with Crippen LogP contribution < -0.4 is 10.1 Å². The van der Waals surface area contributed by atoms with Crippen molar-refractivity contribution in [3.63, 3.8) is 0 Å². The first-order chi connectivity index (χ1) is 9.61. The van der Waals surface area contributed by atoms with Crippen LogP contribution in [0.5, 0.6) is 5.75 Å². The fraction of sp³-hybridized carbons (Fsp3) is 0.667. The highest BCUT2D eigenvalue weighted by Crippen LogP contribution is 2.38. The van der Waals surface area contributed by atoms with Crippen LogP contribution >= 0.6 is 23.5 Å². The van der Waals surface area contributed by atoms with Gasteiger partial charge < -0.3 is 10.1 Å². The molecule has 20 heavy (non-hydrogen) atoms. The highest BCUT2D eigenvalue weighted by Gasteiger charge is 2.30. The van der Waals surface area contributed by atoms with Gasteiger partial charge in [-0.15, -0.1) is 0 Å². The third-order valence-corrected chi connectivity index (χ3v) is 6.54. The molecule has 5 heteroatoms. The summed E-state index contributed by atoms with van der Waals surface area (Å²) in [7, 11) is 2.03. The molecule has 112 valence electrons. The number of nitrogens with zero attached hydrogens (tertiary/aromatic N) is 1. The molecule has 1 aromatic heterocycles. The molecule has 3 atom stereocenters. The lowest BCUT2D eigenvalue weighted by Crippen LogP contribution is -2.36. The van der Waals surface area contributed by atoms with E-state index in [0.29, 0.717) is 16.5 Å². The van der Waals surface area contributed by atoms with Crippen molar-refractivity contribution >= 4 is 23.5 Å². The van der Waals surface area contributed by atoms with Gasteiger partial charge >= 0.3 is 0 Å². The first-order valence-corrected chi connectivity index (χ1v) is 9.23. The zero-order valence-corrected chi connectivity index (χ0v) is 14.3. The van der Waals surface area contributed by atoms with Gasteiger partial charge in [0.25, 0.3) is 0 Å². The Morgan fingerprint density at radius 2 is 2.05 bits per heavy atom. The van der Waals surface area contributed by atoms with Crippen molar-refractivity contribution in [1.82, 2.24) is 10.3 Å². The van der Waals surface area contributed by atoms with Crippen molar-refractivity contribution in [2.24, 2.45) is 0 Å². The third kappa shape index (κ3) is 4.06. The van der Waals surface area contributed by atoms with Crippen LogP contribution in [0.4, 0.5) is 0 Å². The highest BCUT2D eigenvalue weighted by atomic mass is 32.2. The van der Waals surface area contributed by atoms with Gasteiger partial charge in [0.1, 0.15) is 5.75 Å². The van der Waals surface area contributed by atoms with Gasteiger partial charge in [0.15, 0.2) is 0 Å². The predicted molar refractivity (Wildman–Crippen MR) is 90.0 cm³/mol. The molecule has 2 rings (SSSR count). The summed E-state index contributed by atoms with van der Waals surface area (Å²) in [6.07, 6.45) is 3.93. The molecule has 1 saturated heterocycles. The van der Waals surface area contributed by atoms with Crippen molar-refractivity contribution in [3.05, 3.63) is 24.0 Å². The number of hydrogen-bond acceptors (Lipinski definition) is 5. The summed E-state index contributed by atoms with van der Waals surface area (Å²) in [4.78, 5) is 4.35. The zero-order valence-electron chi connectivity index (χ0n) is 12.6. The Labute approximate surface area is 130 Å². The first-order valence-electron chi connectivity index (χ1n) is 7.14. The number of aromatic nitrogens is 1. The lowest BCUT2D eigenvalue weighted by Gasteiger charge is -2.34. The molecule has 1 aromatic rings. The minimum absolute atomic E-state index is 0.179. The van der Waals surface area contributed by atoms with E-state index in [0.717, 1.165) is 5.75 Å². The van der Waals surface area contributed by atoms with Crippen molar-refractivity contribution in [2.45, 2.75) is 43.4 Å². The molecular formula is C15H24N2OS2. The Kier molecular flexibility index (Phi) is 6.05. The van der Waals surface area contributed by atoms with Crippen LogP contribution in [0.1, 0.15) is 32.4 Å². The average Bonchev–Trinajstić information content (AvgIpc) is 2.41. The van der Waals surface area contributed by atoms with Gasteiger partial charge in [-0.05, 0) is 32.5 Å². The molecule has 0 amide bonds. The van der Waals surface area contributed by atoms with E-state index in [9.17, 15) is 0 Å². The van der Waals surface area contributed by atoms with Crippen LogP contribution in [0.15, 0.2) is 18.5 Å². The first kappa shape index (κ1) is 16.0. The quantitative estimate of drug-likeness (QED) is 0.901. The number of thioether (sulfide) groups is 2. The highest BCUT2D eigenvalue weighted by molar-refractivity contribution is 8.07. The van der Waals surface area contributed by atoms with Gasteiger partial charge in [0, 0.05) is 34.2 Å². The molecule has 3 unspecified atom stereocenters. The van der Waals surface area contributed by atoms with Crippen molar-refractivity contribution < 1.29 is 4.74 Å². The SMILES string of the molecule is CNC(c1cncc(OC(C)C)c1)C1SCCSC1C. The van der Waals surface area contributed by atoms with Gasteiger partial charge in [0.2, 0.25) is 0 Å². The minimum Gasteiger partial charge on any atom is -0.489 e. The summed E-state index contributed by atoms with van der Waals surface area (Å²) in [6.45, 7) is 6.41. The van der Waals surface area contributed by atoms with Crippen LogP contribution in [0.3, 0.4) is 0 Å². The van der Waals surface area contributed by atoms with E-state index < -0.39 is 0 Å². The van der Waals surface area contributed by atoms with Gasteiger partial charge in [-0.2, -0.15) is 23.5 Å². The summed E-state index contributed by atoms with van der Waals surface area (Å²) >= 11 is 4.13. The molecular weight excluding hydrogens is 288 g/mol. The Balaban J connectivity index is 2.18. The number of rotatable bonds is 5. The standard InChI is InChI=1S/C15H24N2OS2/c1-10(2)18-13-7-12(8-17-9-13)14(16-4)15-11(3)19-5-6-20-15/h7-11,14-16H,5-6H2,1-4H3. The summed E-state index contributed by atoms with van der Waals surface area (Å²) < 4.78 is 5.76. The molecule has 0 aromatic carbocycles. The van der Waals surface area contributed by atoms with E-state index in [1.807, 2.05) is 27.1 Å². The Morgan fingerprint density at radius 3 is 2.70 bits per heavy atom. The second-order valence-corrected chi connectivity index (χ2v) is 8.07. The van der Waals surface area contributed by atoms with E-state index in [2.05, 4.69) is 46.8 Å². The van der Waals surface area contributed by atoms with Gasteiger partial charge in [-0.3, -0.25) is 4.98 Å². The van der Waals surface area contributed by atoms with Crippen LogP contribution in [-0.2, 0) is 0 Å². The summed E-state index contributed by atoms with van der Waals surface area (Å²) in [5, 5.41) is 4.70. The molecule has 1 fully saturated rings. The normalized spacial score (nSPS) is 24.6. The predicted octanol–water partition coefficient (Wildman–Crippen LogP) is 3.37. The van der Waals surface area contributed by atoms with Crippen LogP contribution in [0.2, 0.25) is 0 Å². The molecule has 0 aliphatic carbocycles. The molecule has 2 heterocycles. The van der Waals surface area contributed by atoms with E-state index in [1.165, 1.54) is 17.1 Å². The second kappa shape index (κ2) is 7.57. The lowest BCUT2D eigenvalue weighted by atomic mass is 10.0. The van der Waals surface area contributed by atoms with Gasteiger partial charge in [0.05, 0.1) is 12.3 Å². The number of hydrogen-bond donors (Lipinski definition) is 1. The molecule has 0 spiro atoms. The average molecular weight is 313 g/mol. The lowest BCUT2D eigenvalue weighted by molar-refractivity contribution is 0.241. The third-order valence-electron chi connectivity index (χ3n) is 3.34. The molecule has 1 aliphatic rings. The fourth-order valence-corrected chi connectivity index (χ4v) is 5.47. The molecule has 0 saturated carbocycles. The molecule has 3 nitrogen and oxygen atoms in total. The zero-order chi connectivity index (χ0) is 14.5. The molecule has 1 aliphatic heterocycles. The Hall–Kier alpha value is -0.390. The number of pyridine rings is 1. The second-order valence-electron chi connectivity index (χ2n) is 5.30. The van der Waals surface area contributed by atoms with Crippen molar-refractivity contribution in [2.75, 3.05) is 18.6 Å². The molecule has 0 bridgehead atoms. The number of ether oxygens (including phenoxy) is 1. The van der Waals surface area contributed by atoms with Gasteiger partial charge in [-0.25, -0.2) is 0 Å². The Bertz CT molecular complexity index is 428. The Morgan fingerprint density at radius 1 is 1.30 bits per heavy atom. The van der Waals surface area contributed by atoms with E-state index in [-0.39, 0.29) is 6.10 Å². The summed E-state index contributed by atoms with van der Waals surface area (Å²) in [6, 6.07) is 2.45. The van der Waals surface area contributed by atoms with Crippen LogP contribution in [-0.4, -0.2) is 40.1 Å². The van der Waals surface area contributed by atoms with E-state index >= 15 is 0 Å². The van der Waals surface area contributed by atoms with Gasteiger partial charge in [-0.1, -0.05) is 6.92 Å². The molecule has 0 radical (unpaired) electrons. The minimum atomic E-state index is 0.179. The van der Waals surface area contributed by atoms with Crippen molar-refractivity contribution in [1.29, 1.82) is 0 Å². The largest absolute Gasteiger partial charge is 0.489 e. The number of nitrogens with one attached hydrogen (secondary N) is 1. The van der Waals surface area contributed by atoms with Crippen LogP contribution in [0, 0.1) is 0 Å². The fourth-order valence-electron chi connectivity index (χ4n) is 2.48.